The smallest absolute Gasteiger partial charge is 0.138 e. The van der Waals surface area contributed by atoms with Crippen molar-refractivity contribution in [2.24, 2.45) is 5.92 Å². The van der Waals surface area contributed by atoms with Gasteiger partial charge in [0.2, 0.25) is 0 Å². The first-order valence-corrected chi connectivity index (χ1v) is 3.93. The van der Waals surface area contributed by atoms with Crippen LogP contribution in [-0.4, -0.2) is 5.67 Å². The lowest BCUT2D eigenvalue weighted by atomic mass is 9.91. The highest BCUT2D eigenvalue weighted by molar-refractivity contribution is 5.24. The molecule has 0 aromatic carbocycles. The molecule has 1 fully saturated rings. The maximum atomic E-state index is 13.6. The first-order valence-electron chi connectivity index (χ1n) is 3.93. The highest BCUT2D eigenvalue weighted by Gasteiger charge is 2.45. The SMILES string of the molecule is FC1=CC=CC(F)(C2CC2)C1. The van der Waals surface area contributed by atoms with Gasteiger partial charge in [-0.05, 0) is 30.9 Å². The van der Waals surface area contributed by atoms with Crippen LogP contribution in [0, 0.1) is 5.92 Å². The van der Waals surface area contributed by atoms with Crippen molar-refractivity contribution in [1.82, 2.24) is 0 Å². The van der Waals surface area contributed by atoms with E-state index >= 15 is 0 Å². The molecule has 0 spiro atoms. The summed E-state index contributed by atoms with van der Waals surface area (Å²) in [6, 6.07) is 0. The highest BCUT2D eigenvalue weighted by Crippen LogP contribution is 2.47. The fourth-order valence-corrected chi connectivity index (χ4v) is 1.53. The molecule has 60 valence electrons. The van der Waals surface area contributed by atoms with Crippen molar-refractivity contribution in [3.8, 4) is 0 Å². The van der Waals surface area contributed by atoms with Crippen LogP contribution in [0.15, 0.2) is 24.1 Å². The van der Waals surface area contributed by atoms with Gasteiger partial charge in [-0.3, -0.25) is 0 Å². The van der Waals surface area contributed by atoms with Crippen molar-refractivity contribution < 1.29 is 8.78 Å². The van der Waals surface area contributed by atoms with Crippen LogP contribution in [-0.2, 0) is 0 Å². The standard InChI is InChI=1S/C9H10F2/c10-8-2-1-5-9(11,6-8)7-3-4-7/h1-2,5,7H,3-4,6H2. The van der Waals surface area contributed by atoms with Gasteiger partial charge >= 0.3 is 0 Å². The quantitative estimate of drug-likeness (QED) is 0.547. The van der Waals surface area contributed by atoms with Gasteiger partial charge in [-0.1, -0.05) is 6.08 Å². The number of hydrogen-bond donors (Lipinski definition) is 0. The summed E-state index contributed by atoms with van der Waals surface area (Å²) in [6.07, 6.45) is 6.08. The summed E-state index contributed by atoms with van der Waals surface area (Å²) >= 11 is 0. The Balaban J connectivity index is 2.16. The summed E-state index contributed by atoms with van der Waals surface area (Å²) in [4.78, 5) is 0. The van der Waals surface area contributed by atoms with Crippen molar-refractivity contribution in [3.05, 3.63) is 24.1 Å². The van der Waals surface area contributed by atoms with Gasteiger partial charge in [0.05, 0.1) is 0 Å². The molecule has 1 atom stereocenters. The summed E-state index contributed by atoms with van der Waals surface area (Å²) in [5.41, 5.74) is -1.36. The first kappa shape index (κ1) is 7.01. The number of halogens is 2. The Labute approximate surface area is 64.6 Å². The largest absolute Gasteiger partial charge is 0.239 e. The molecule has 2 rings (SSSR count). The Hall–Kier alpha value is -0.660. The average Bonchev–Trinajstić information content (AvgIpc) is 2.66. The van der Waals surface area contributed by atoms with Gasteiger partial charge in [-0.2, -0.15) is 0 Å². The van der Waals surface area contributed by atoms with E-state index in [1.54, 1.807) is 0 Å². The molecule has 1 saturated carbocycles. The summed E-state index contributed by atoms with van der Waals surface area (Å²) in [5, 5.41) is 0. The van der Waals surface area contributed by atoms with E-state index in [2.05, 4.69) is 0 Å². The maximum Gasteiger partial charge on any atom is 0.138 e. The molecule has 1 unspecified atom stereocenters. The van der Waals surface area contributed by atoms with E-state index in [9.17, 15) is 8.78 Å². The summed E-state index contributed by atoms with van der Waals surface area (Å²) in [6.45, 7) is 0. The predicted molar refractivity (Wildman–Crippen MR) is 39.5 cm³/mol. The van der Waals surface area contributed by atoms with Gasteiger partial charge in [0.15, 0.2) is 0 Å². The second-order valence-electron chi connectivity index (χ2n) is 3.35. The van der Waals surface area contributed by atoms with Crippen LogP contribution in [0.3, 0.4) is 0 Å². The predicted octanol–water partition coefficient (Wildman–Crippen LogP) is 2.92. The van der Waals surface area contributed by atoms with Crippen LogP contribution >= 0.6 is 0 Å². The maximum absolute atomic E-state index is 13.6. The number of rotatable bonds is 1. The minimum Gasteiger partial charge on any atom is -0.239 e. The zero-order valence-electron chi connectivity index (χ0n) is 6.19. The molecular weight excluding hydrogens is 146 g/mol. The van der Waals surface area contributed by atoms with E-state index in [1.165, 1.54) is 18.2 Å². The molecule has 0 N–H and O–H groups in total. The molecule has 2 aliphatic carbocycles. The van der Waals surface area contributed by atoms with E-state index in [0.29, 0.717) is 0 Å². The lowest BCUT2D eigenvalue weighted by Crippen LogP contribution is -2.24. The van der Waals surface area contributed by atoms with Gasteiger partial charge in [-0.15, -0.1) is 0 Å². The second-order valence-corrected chi connectivity index (χ2v) is 3.35. The lowest BCUT2D eigenvalue weighted by Gasteiger charge is -2.22. The molecule has 0 saturated heterocycles. The molecule has 0 radical (unpaired) electrons. The molecule has 2 aliphatic rings. The second kappa shape index (κ2) is 2.16. The molecule has 0 bridgehead atoms. The average molecular weight is 156 g/mol. The van der Waals surface area contributed by atoms with E-state index in [1.807, 2.05) is 0 Å². The third-order valence-electron chi connectivity index (χ3n) is 2.35. The Morgan fingerprint density at radius 1 is 1.45 bits per heavy atom. The van der Waals surface area contributed by atoms with Crippen LogP contribution in [0.25, 0.3) is 0 Å². The van der Waals surface area contributed by atoms with Gasteiger partial charge in [0, 0.05) is 6.42 Å². The van der Waals surface area contributed by atoms with Crippen molar-refractivity contribution in [3.63, 3.8) is 0 Å². The normalized spacial score (nSPS) is 37.1. The van der Waals surface area contributed by atoms with E-state index in [4.69, 9.17) is 0 Å². The molecule has 11 heavy (non-hydrogen) atoms. The molecule has 0 nitrogen and oxygen atoms in total. The summed E-state index contributed by atoms with van der Waals surface area (Å²) < 4.78 is 26.3. The Morgan fingerprint density at radius 2 is 2.18 bits per heavy atom. The number of alkyl halides is 1. The van der Waals surface area contributed by atoms with Crippen LogP contribution in [0.2, 0.25) is 0 Å². The van der Waals surface area contributed by atoms with Crippen LogP contribution in [0.1, 0.15) is 19.3 Å². The minimum atomic E-state index is -1.36. The lowest BCUT2D eigenvalue weighted by molar-refractivity contribution is 0.182. The van der Waals surface area contributed by atoms with Gasteiger partial charge in [0.1, 0.15) is 11.5 Å². The zero-order valence-corrected chi connectivity index (χ0v) is 6.19. The van der Waals surface area contributed by atoms with E-state index < -0.39 is 5.67 Å². The van der Waals surface area contributed by atoms with Crippen LogP contribution in [0.4, 0.5) is 8.78 Å². The van der Waals surface area contributed by atoms with Crippen molar-refractivity contribution in [2.75, 3.05) is 0 Å². The topological polar surface area (TPSA) is 0 Å². The molecule has 2 heteroatoms. The Morgan fingerprint density at radius 3 is 2.73 bits per heavy atom. The van der Waals surface area contributed by atoms with Crippen molar-refractivity contribution in [2.45, 2.75) is 24.9 Å². The highest BCUT2D eigenvalue weighted by atomic mass is 19.1. The summed E-state index contributed by atoms with van der Waals surface area (Å²) in [5.74, 6) is -0.250. The van der Waals surface area contributed by atoms with Gasteiger partial charge in [0.25, 0.3) is 0 Å². The third kappa shape index (κ3) is 1.22. The fourth-order valence-electron chi connectivity index (χ4n) is 1.53. The van der Waals surface area contributed by atoms with Crippen LogP contribution in [0.5, 0.6) is 0 Å². The molecule has 0 heterocycles. The zero-order chi connectivity index (χ0) is 7.90. The molecule has 0 amide bonds. The van der Waals surface area contributed by atoms with E-state index in [0.717, 1.165) is 12.8 Å². The minimum absolute atomic E-state index is 0.0475. The van der Waals surface area contributed by atoms with E-state index in [-0.39, 0.29) is 18.2 Å². The Kier molecular flexibility index (Phi) is 1.38. The first-order chi connectivity index (χ1) is 5.21. The molecule has 0 aromatic heterocycles. The monoisotopic (exact) mass is 156 g/mol. The molecule has 0 aromatic rings. The van der Waals surface area contributed by atoms with Crippen LogP contribution < -0.4 is 0 Å². The molecular formula is C9H10F2. The fraction of sp³-hybridized carbons (Fsp3) is 0.556. The Bertz CT molecular complexity index is 226. The third-order valence-corrected chi connectivity index (χ3v) is 2.35. The summed E-state index contributed by atoms with van der Waals surface area (Å²) in [7, 11) is 0. The van der Waals surface area contributed by atoms with Crippen molar-refractivity contribution in [1.29, 1.82) is 0 Å². The van der Waals surface area contributed by atoms with Gasteiger partial charge in [-0.25, -0.2) is 8.78 Å². The molecule has 0 aliphatic heterocycles. The van der Waals surface area contributed by atoms with Crippen molar-refractivity contribution >= 4 is 0 Å². The number of hydrogen-bond acceptors (Lipinski definition) is 0. The number of allylic oxidation sites excluding steroid dienone is 4. The van der Waals surface area contributed by atoms with Gasteiger partial charge < -0.3 is 0 Å².